The highest BCUT2D eigenvalue weighted by atomic mass is 16.5. The molecule has 0 bridgehead atoms. The van der Waals surface area contributed by atoms with Crippen LogP contribution in [0.4, 0.5) is 0 Å². The summed E-state index contributed by atoms with van der Waals surface area (Å²) in [6.45, 7) is 10.2. The zero-order valence-electron chi connectivity index (χ0n) is 22.9. The van der Waals surface area contributed by atoms with Gasteiger partial charge in [0.25, 0.3) is 0 Å². The van der Waals surface area contributed by atoms with Gasteiger partial charge in [-0.2, -0.15) is 0 Å². The van der Waals surface area contributed by atoms with Crippen molar-refractivity contribution in [2.75, 3.05) is 47.6 Å². The van der Waals surface area contributed by atoms with Crippen LogP contribution in [0, 0.1) is 0 Å². The Morgan fingerprint density at radius 1 is 0.846 bits per heavy atom. The molecular formula is C32H37NO6. The first kappa shape index (κ1) is 28.1. The first-order chi connectivity index (χ1) is 18.9. The molecule has 3 aromatic carbocycles. The normalized spacial score (nSPS) is 14.4. The van der Waals surface area contributed by atoms with Gasteiger partial charge in [0, 0.05) is 29.8 Å². The molecule has 1 saturated heterocycles. The van der Waals surface area contributed by atoms with Crippen LogP contribution in [-0.4, -0.2) is 62.7 Å². The minimum absolute atomic E-state index is 0.0931. The van der Waals surface area contributed by atoms with E-state index in [0.717, 1.165) is 16.7 Å². The van der Waals surface area contributed by atoms with E-state index in [9.17, 15) is 10.2 Å². The van der Waals surface area contributed by atoms with Crippen molar-refractivity contribution in [1.29, 1.82) is 0 Å². The topological polar surface area (TPSA) is 80.6 Å². The Kier molecular flexibility index (Phi) is 9.17. The van der Waals surface area contributed by atoms with Crippen LogP contribution in [0.3, 0.4) is 0 Å². The van der Waals surface area contributed by atoms with Gasteiger partial charge in [-0.25, -0.2) is 0 Å². The van der Waals surface area contributed by atoms with Gasteiger partial charge < -0.3 is 29.2 Å². The van der Waals surface area contributed by atoms with Crippen LogP contribution in [0.5, 0.6) is 28.7 Å². The fourth-order valence-corrected chi connectivity index (χ4v) is 5.19. The minimum Gasteiger partial charge on any atom is -0.507 e. The molecule has 1 aliphatic rings. The lowest BCUT2D eigenvalue weighted by Crippen LogP contribution is -2.39. The van der Waals surface area contributed by atoms with Crippen LogP contribution in [0.2, 0.25) is 0 Å². The maximum atomic E-state index is 11.9. The monoisotopic (exact) mass is 531 g/mol. The lowest BCUT2D eigenvalue weighted by Gasteiger charge is -2.36. The molecule has 1 heterocycles. The van der Waals surface area contributed by atoms with Crippen molar-refractivity contribution in [3.05, 3.63) is 90.0 Å². The first-order valence-corrected chi connectivity index (χ1v) is 13.0. The first-order valence-electron chi connectivity index (χ1n) is 13.0. The smallest absolute Gasteiger partial charge is 0.203 e. The van der Waals surface area contributed by atoms with Gasteiger partial charge in [-0.1, -0.05) is 18.2 Å². The van der Waals surface area contributed by atoms with E-state index < -0.39 is 0 Å². The van der Waals surface area contributed by atoms with Crippen LogP contribution in [0.15, 0.2) is 67.8 Å². The molecule has 7 heteroatoms. The number of hydrogen-bond donors (Lipinski definition) is 2. The van der Waals surface area contributed by atoms with E-state index in [1.165, 1.54) is 0 Å². The lowest BCUT2D eigenvalue weighted by molar-refractivity contribution is 0.0235. The van der Waals surface area contributed by atoms with Gasteiger partial charge in [0.1, 0.15) is 11.5 Å². The van der Waals surface area contributed by atoms with E-state index in [1.807, 2.05) is 48.6 Å². The van der Waals surface area contributed by atoms with Gasteiger partial charge in [0.2, 0.25) is 5.75 Å². The molecule has 4 rings (SSSR count). The molecule has 0 aromatic heterocycles. The fourth-order valence-electron chi connectivity index (χ4n) is 5.19. The van der Waals surface area contributed by atoms with E-state index in [4.69, 9.17) is 18.9 Å². The molecule has 1 unspecified atom stereocenters. The average molecular weight is 532 g/mol. The molecule has 0 spiro atoms. The minimum atomic E-state index is -0.357. The number of rotatable bonds is 11. The summed E-state index contributed by atoms with van der Waals surface area (Å²) in [6.07, 6.45) is 4.89. The summed E-state index contributed by atoms with van der Waals surface area (Å²) in [7, 11) is 4.75. The number of phenolic OH excluding ortho intramolecular Hbond substituents is 2. The van der Waals surface area contributed by atoms with Crippen LogP contribution in [-0.2, 0) is 17.6 Å². The Bertz CT molecular complexity index is 1300. The highest BCUT2D eigenvalue weighted by molar-refractivity contribution is 5.78. The fraction of sp³-hybridized carbons (Fsp3) is 0.312. The SMILES string of the molecule is C=CCc1ccc(O)c(-c2cc(CC=C)cc(C(c3cc(OC)c(OC)c(OC)c3)N3CCOCC3)c2O)c1. The number of nitrogens with zero attached hydrogens (tertiary/aromatic N) is 1. The third kappa shape index (κ3) is 5.90. The summed E-state index contributed by atoms with van der Waals surface area (Å²) in [5.74, 6) is 1.75. The third-order valence-corrected chi connectivity index (χ3v) is 7.02. The number of morpholine rings is 1. The van der Waals surface area contributed by atoms with Crippen molar-refractivity contribution in [3.63, 3.8) is 0 Å². The Hall–Kier alpha value is -3.94. The van der Waals surface area contributed by atoms with E-state index in [-0.39, 0.29) is 17.5 Å². The Morgan fingerprint density at radius 3 is 2.05 bits per heavy atom. The van der Waals surface area contributed by atoms with Crippen LogP contribution < -0.4 is 14.2 Å². The number of ether oxygens (including phenoxy) is 4. The van der Waals surface area contributed by atoms with Gasteiger partial charge in [-0.3, -0.25) is 4.90 Å². The van der Waals surface area contributed by atoms with Gasteiger partial charge in [-0.15, -0.1) is 13.2 Å². The molecule has 0 amide bonds. The Morgan fingerprint density at radius 2 is 1.46 bits per heavy atom. The number of benzene rings is 3. The van der Waals surface area contributed by atoms with Gasteiger partial charge in [-0.05, 0) is 65.9 Å². The maximum Gasteiger partial charge on any atom is 0.203 e. The second kappa shape index (κ2) is 12.7. The molecule has 1 fully saturated rings. The average Bonchev–Trinajstić information content (AvgIpc) is 2.96. The number of aromatic hydroxyl groups is 2. The molecular weight excluding hydrogens is 494 g/mol. The van der Waals surface area contributed by atoms with Crippen molar-refractivity contribution in [2.24, 2.45) is 0 Å². The Balaban J connectivity index is 1.99. The van der Waals surface area contributed by atoms with Gasteiger partial charge >= 0.3 is 0 Å². The van der Waals surface area contributed by atoms with Gasteiger partial charge in [0.05, 0.1) is 40.6 Å². The van der Waals surface area contributed by atoms with Crippen LogP contribution in [0.1, 0.15) is 28.3 Å². The number of hydrogen-bond acceptors (Lipinski definition) is 7. The molecule has 0 aliphatic carbocycles. The molecule has 1 aliphatic heterocycles. The van der Waals surface area contributed by atoms with E-state index >= 15 is 0 Å². The molecule has 2 N–H and O–H groups in total. The summed E-state index contributed by atoms with van der Waals surface area (Å²) in [5, 5.41) is 22.8. The maximum absolute atomic E-state index is 11.9. The molecule has 7 nitrogen and oxygen atoms in total. The molecule has 0 saturated carbocycles. The molecule has 206 valence electrons. The quantitative estimate of drug-likeness (QED) is 0.309. The zero-order chi connectivity index (χ0) is 27.9. The van der Waals surface area contributed by atoms with E-state index in [0.29, 0.717) is 73.1 Å². The highest BCUT2D eigenvalue weighted by Crippen LogP contribution is 2.47. The number of phenols is 2. The molecule has 39 heavy (non-hydrogen) atoms. The summed E-state index contributed by atoms with van der Waals surface area (Å²) in [5.41, 5.74) is 4.64. The summed E-state index contributed by atoms with van der Waals surface area (Å²) < 4.78 is 22.5. The van der Waals surface area contributed by atoms with Crippen molar-refractivity contribution >= 4 is 0 Å². The van der Waals surface area contributed by atoms with Crippen molar-refractivity contribution < 1.29 is 29.2 Å². The number of allylic oxidation sites excluding steroid dienone is 2. The Labute approximate surface area is 230 Å². The van der Waals surface area contributed by atoms with E-state index in [2.05, 4.69) is 18.1 Å². The number of methoxy groups -OCH3 is 3. The summed E-state index contributed by atoms with van der Waals surface area (Å²) in [4.78, 5) is 2.27. The van der Waals surface area contributed by atoms with Crippen LogP contribution in [0.25, 0.3) is 11.1 Å². The molecule has 3 aromatic rings. The molecule has 1 atom stereocenters. The van der Waals surface area contributed by atoms with Crippen molar-refractivity contribution in [2.45, 2.75) is 18.9 Å². The predicted molar refractivity (Wildman–Crippen MR) is 153 cm³/mol. The van der Waals surface area contributed by atoms with Crippen molar-refractivity contribution in [3.8, 4) is 39.9 Å². The van der Waals surface area contributed by atoms with Crippen molar-refractivity contribution in [1.82, 2.24) is 4.90 Å². The zero-order valence-corrected chi connectivity index (χ0v) is 22.9. The molecule has 0 radical (unpaired) electrons. The third-order valence-electron chi connectivity index (χ3n) is 7.02. The highest BCUT2D eigenvalue weighted by Gasteiger charge is 2.30. The van der Waals surface area contributed by atoms with E-state index in [1.54, 1.807) is 27.4 Å². The van der Waals surface area contributed by atoms with Crippen LogP contribution >= 0.6 is 0 Å². The van der Waals surface area contributed by atoms with Gasteiger partial charge in [0.15, 0.2) is 11.5 Å². The lowest BCUT2D eigenvalue weighted by atomic mass is 9.88. The second-order valence-corrected chi connectivity index (χ2v) is 9.43. The standard InChI is InChI=1S/C32H37NO6/c1-6-8-21-10-11-27(34)24(16-21)25-17-22(9-7-2)18-26(31(25)35)30(33-12-14-39-15-13-33)23-19-28(36-3)32(38-5)29(20-23)37-4/h6-7,10-11,16-20,30,34-35H,1-2,8-9,12-15H2,3-5H3. The predicted octanol–water partition coefficient (Wildman–Crippen LogP) is 5.67. The summed E-state index contributed by atoms with van der Waals surface area (Å²) >= 11 is 0. The largest absolute Gasteiger partial charge is 0.507 e. The summed E-state index contributed by atoms with van der Waals surface area (Å²) in [6, 6.07) is 12.8. The second-order valence-electron chi connectivity index (χ2n) is 9.43.